The molecule has 0 bridgehead atoms. The largest absolute Gasteiger partial charge is 0.395 e. The van der Waals surface area contributed by atoms with E-state index >= 15 is 0 Å². The third kappa shape index (κ3) is 4.86. The SMILES string of the molecule is OCCN(CC(F)F)C1CCCNCC1. The zero-order valence-electron chi connectivity index (χ0n) is 8.96. The highest BCUT2D eigenvalue weighted by atomic mass is 19.3. The van der Waals surface area contributed by atoms with Gasteiger partial charge in [0.25, 0.3) is 6.43 Å². The summed E-state index contributed by atoms with van der Waals surface area (Å²) in [5.74, 6) is 0. The summed E-state index contributed by atoms with van der Waals surface area (Å²) >= 11 is 0. The molecule has 0 saturated carbocycles. The molecule has 1 heterocycles. The van der Waals surface area contributed by atoms with Crippen molar-refractivity contribution in [2.24, 2.45) is 0 Å². The number of hydrogen-bond acceptors (Lipinski definition) is 3. The highest BCUT2D eigenvalue weighted by Gasteiger charge is 2.22. The normalized spacial score (nSPS) is 23.4. The first-order chi connectivity index (χ1) is 7.24. The summed E-state index contributed by atoms with van der Waals surface area (Å²) in [6.45, 7) is 1.95. The fourth-order valence-corrected chi connectivity index (χ4v) is 2.09. The Morgan fingerprint density at radius 3 is 2.80 bits per heavy atom. The lowest BCUT2D eigenvalue weighted by molar-refractivity contribution is 0.0512. The summed E-state index contributed by atoms with van der Waals surface area (Å²) in [7, 11) is 0. The summed E-state index contributed by atoms with van der Waals surface area (Å²) < 4.78 is 24.7. The summed E-state index contributed by atoms with van der Waals surface area (Å²) in [6.07, 6.45) is 0.551. The molecule has 0 spiro atoms. The van der Waals surface area contributed by atoms with Gasteiger partial charge in [-0.1, -0.05) is 0 Å². The summed E-state index contributed by atoms with van der Waals surface area (Å²) in [5, 5.41) is 12.1. The van der Waals surface area contributed by atoms with Crippen LogP contribution < -0.4 is 5.32 Å². The van der Waals surface area contributed by atoms with Crippen molar-refractivity contribution in [1.82, 2.24) is 10.2 Å². The Bertz CT molecular complexity index is 162. The van der Waals surface area contributed by atoms with Gasteiger partial charge in [0.15, 0.2) is 0 Å². The maximum absolute atomic E-state index is 12.3. The van der Waals surface area contributed by atoms with E-state index in [2.05, 4.69) is 5.32 Å². The van der Waals surface area contributed by atoms with Crippen molar-refractivity contribution in [2.45, 2.75) is 31.7 Å². The third-order valence-corrected chi connectivity index (χ3v) is 2.82. The Balaban J connectivity index is 2.44. The zero-order valence-corrected chi connectivity index (χ0v) is 8.96. The molecule has 0 amide bonds. The van der Waals surface area contributed by atoms with E-state index in [1.54, 1.807) is 4.90 Å². The van der Waals surface area contributed by atoms with E-state index in [0.717, 1.165) is 32.4 Å². The van der Waals surface area contributed by atoms with E-state index in [1.165, 1.54) is 0 Å². The molecule has 1 aliphatic heterocycles. The predicted molar refractivity (Wildman–Crippen MR) is 55.2 cm³/mol. The fourth-order valence-electron chi connectivity index (χ4n) is 2.09. The standard InChI is InChI=1S/C10H20F2N2O/c11-10(12)8-14(6-7-15)9-2-1-4-13-5-3-9/h9-10,13,15H,1-8H2. The maximum atomic E-state index is 12.3. The number of alkyl halides is 2. The number of nitrogens with one attached hydrogen (secondary N) is 1. The first kappa shape index (κ1) is 12.8. The minimum Gasteiger partial charge on any atom is -0.395 e. The van der Waals surface area contributed by atoms with E-state index in [9.17, 15) is 8.78 Å². The molecule has 90 valence electrons. The monoisotopic (exact) mass is 222 g/mol. The van der Waals surface area contributed by atoms with Crippen LogP contribution in [0.5, 0.6) is 0 Å². The number of hydrogen-bond donors (Lipinski definition) is 2. The van der Waals surface area contributed by atoms with Gasteiger partial charge in [0.05, 0.1) is 13.2 Å². The van der Waals surface area contributed by atoms with Crippen LogP contribution in [-0.2, 0) is 0 Å². The van der Waals surface area contributed by atoms with Crippen LogP contribution in [0.25, 0.3) is 0 Å². The number of aliphatic hydroxyl groups excluding tert-OH is 1. The molecular formula is C10H20F2N2O. The quantitative estimate of drug-likeness (QED) is 0.718. The number of rotatable bonds is 5. The van der Waals surface area contributed by atoms with E-state index in [4.69, 9.17) is 5.11 Å². The smallest absolute Gasteiger partial charge is 0.251 e. The van der Waals surface area contributed by atoms with E-state index in [-0.39, 0.29) is 19.2 Å². The Hall–Kier alpha value is -0.260. The van der Waals surface area contributed by atoms with Crippen molar-refractivity contribution >= 4 is 0 Å². The van der Waals surface area contributed by atoms with Crippen LogP contribution in [0, 0.1) is 0 Å². The van der Waals surface area contributed by atoms with Crippen molar-refractivity contribution in [1.29, 1.82) is 0 Å². The minimum absolute atomic E-state index is 0.0450. The van der Waals surface area contributed by atoms with Crippen molar-refractivity contribution < 1.29 is 13.9 Å². The lowest BCUT2D eigenvalue weighted by atomic mass is 10.1. The molecule has 1 atom stereocenters. The Morgan fingerprint density at radius 1 is 1.33 bits per heavy atom. The second-order valence-corrected chi connectivity index (χ2v) is 3.94. The Morgan fingerprint density at radius 2 is 2.13 bits per heavy atom. The summed E-state index contributed by atoms with van der Waals surface area (Å²) in [5.41, 5.74) is 0. The van der Waals surface area contributed by atoms with Crippen LogP contribution in [-0.4, -0.2) is 55.3 Å². The highest BCUT2D eigenvalue weighted by Crippen LogP contribution is 2.14. The molecule has 0 aromatic heterocycles. The molecule has 1 aliphatic rings. The lowest BCUT2D eigenvalue weighted by Gasteiger charge is -2.29. The van der Waals surface area contributed by atoms with Gasteiger partial charge in [0, 0.05) is 12.6 Å². The van der Waals surface area contributed by atoms with Crippen LogP contribution in [0.3, 0.4) is 0 Å². The van der Waals surface area contributed by atoms with Gasteiger partial charge in [-0.05, 0) is 32.4 Å². The molecule has 1 saturated heterocycles. The Labute approximate surface area is 89.5 Å². The molecule has 3 nitrogen and oxygen atoms in total. The van der Waals surface area contributed by atoms with E-state index in [1.807, 2.05) is 0 Å². The Kier molecular flexibility index (Phi) is 6.05. The molecule has 0 aliphatic carbocycles. The predicted octanol–water partition coefficient (Wildman–Crippen LogP) is 0.688. The second-order valence-electron chi connectivity index (χ2n) is 3.94. The van der Waals surface area contributed by atoms with Crippen LogP contribution in [0.15, 0.2) is 0 Å². The van der Waals surface area contributed by atoms with Gasteiger partial charge in [-0.3, -0.25) is 4.90 Å². The topological polar surface area (TPSA) is 35.5 Å². The van der Waals surface area contributed by atoms with Crippen LogP contribution >= 0.6 is 0 Å². The molecular weight excluding hydrogens is 202 g/mol. The molecule has 0 radical (unpaired) electrons. The van der Waals surface area contributed by atoms with Gasteiger partial charge < -0.3 is 10.4 Å². The minimum atomic E-state index is -2.31. The number of aliphatic hydroxyl groups is 1. The van der Waals surface area contributed by atoms with Crippen LogP contribution in [0.4, 0.5) is 8.78 Å². The molecule has 1 rings (SSSR count). The fraction of sp³-hybridized carbons (Fsp3) is 1.00. The first-order valence-electron chi connectivity index (χ1n) is 5.58. The molecule has 0 aromatic rings. The maximum Gasteiger partial charge on any atom is 0.251 e. The van der Waals surface area contributed by atoms with Crippen LogP contribution in [0.1, 0.15) is 19.3 Å². The van der Waals surface area contributed by atoms with Crippen LogP contribution in [0.2, 0.25) is 0 Å². The molecule has 5 heteroatoms. The molecule has 1 unspecified atom stereocenters. The molecule has 2 N–H and O–H groups in total. The van der Waals surface area contributed by atoms with E-state index in [0.29, 0.717) is 6.54 Å². The average Bonchev–Trinajstić information content (AvgIpc) is 2.44. The highest BCUT2D eigenvalue weighted by molar-refractivity contribution is 4.76. The van der Waals surface area contributed by atoms with E-state index < -0.39 is 6.43 Å². The molecule has 1 fully saturated rings. The van der Waals surface area contributed by atoms with Crippen molar-refractivity contribution in [3.8, 4) is 0 Å². The summed E-state index contributed by atoms with van der Waals surface area (Å²) in [4.78, 5) is 1.72. The number of halogens is 2. The van der Waals surface area contributed by atoms with Gasteiger partial charge in [-0.25, -0.2) is 8.78 Å². The molecule has 0 aromatic carbocycles. The van der Waals surface area contributed by atoms with Gasteiger partial charge in [-0.15, -0.1) is 0 Å². The first-order valence-corrected chi connectivity index (χ1v) is 5.58. The average molecular weight is 222 g/mol. The second kappa shape index (κ2) is 7.09. The van der Waals surface area contributed by atoms with Crippen molar-refractivity contribution in [3.63, 3.8) is 0 Å². The van der Waals surface area contributed by atoms with Crippen molar-refractivity contribution in [2.75, 3.05) is 32.8 Å². The summed E-state index contributed by atoms with van der Waals surface area (Å²) in [6, 6.07) is 0.196. The van der Waals surface area contributed by atoms with Gasteiger partial charge in [0.2, 0.25) is 0 Å². The van der Waals surface area contributed by atoms with Gasteiger partial charge >= 0.3 is 0 Å². The van der Waals surface area contributed by atoms with Crippen molar-refractivity contribution in [3.05, 3.63) is 0 Å². The number of nitrogens with zero attached hydrogens (tertiary/aromatic N) is 1. The van der Waals surface area contributed by atoms with Gasteiger partial charge in [0.1, 0.15) is 0 Å². The third-order valence-electron chi connectivity index (χ3n) is 2.82. The lowest BCUT2D eigenvalue weighted by Crippen LogP contribution is -2.41. The molecule has 15 heavy (non-hydrogen) atoms. The zero-order chi connectivity index (χ0) is 11.1. The van der Waals surface area contributed by atoms with Gasteiger partial charge in [-0.2, -0.15) is 0 Å².